The van der Waals surface area contributed by atoms with Gasteiger partial charge < -0.3 is 10.4 Å². The van der Waals surface area contributed by atoms with Gasteiger partial charge in [-0.15, -0.1) is 6.58 Å². The fourth-order valence-corrected chi connectivity index (χ4v) is 3.44. The van der Waals surface area contributed by atoms with E-state index in [4.69, 9.17) is 0 Å². The first-order valence-corrected chi connectivity index (χ1v) is 7.12. The zero-order valence-electron chi connectivity index (χ0n) is 11.9. The highest BCUT2D eigenvalue weighted by molar-refractivity contribution is 5.95. The molecule has 116 valence electrons. The number of imide groups is 1. The van der Waals surface area contributed by atoms with Crippen LogP contribution in [0, 0.1) is 11.3 Å². The van der Waals surface area contributed by atoms with Gasteiger partial charge in [-0.05, 0) is 18.8 Å². The van der Waals surface area contributed by atoms with Crippen molar-refractivity contribution < 1.29 is 19.5 Å². The molecule has 0 aromatic rings. The summed E-state index contributed by atoms with van der Waals surface area (Å²) >= 11 is 0. The van der Waals surface area contributed by atoms with Crippen LogP contribution < -0.4 is 10.6 Å². The Morgan fingerprint density at radius 3 is 2.81 bits per heavy atom. The minimum Gasteiger partial charge on any atom is -0.481 e. The largest absolute Gasteiger partial charge is 0.481 e. The Morgan fingerprint density at radius 2 is 2.19 bits per heavy atom. The molecule has 0 spiro atoms. The quantitative estimate of drug-likeness (QED) is 0.629. The molecule has 0 aromatic carbocycles. The summed E-state index contributed by atoms with van der Waals surface area (Å²) in [6, 6.07) is -0.563. The smallest absolute Gasteiger partial charge is 0.321 e. The van der Waals surface area contributed by atoms with E-state index < -0.39 is 23.3 Å². The normalized spacial score (nSPS) is 27.9. The monoisotopic (exact) mass is 295 g/mol. The third-order valence-corrected chi connectivity index (χ3v) is 4.39. The number of aliphatic carboxylic acids is 1. The molecule has 1 saturated carbocycles. The number of likely N-dealkylation sites (tertiary alicyclic amines) is 1. The van der Waals surface area contributed by atoms with Crippen molar-refractivity contribution >= 4 is 17.9 Å². The van der Waals surface area contributed by atoms with Gasteiger partial charge in [0.15, 0.2) is 0 Å². The Hall–Kier alpha value is -1.89. The number of nitrogens with one attached hydrogen (secondary N) is 2. The van der Waals surface area contributed by atoms with Crippen LogP contribution in [0.3, 0.4) is 0 Å². The van der Waals surface area contributed by atoms with Crippen molar-refractivity contribution in [2.24, 2.45) is 11.3 Å². The average molecular weight is 295 g/mol. The Labute approximate surface area is 123 Å². The molecule has 2 atom stereocenters. The molecule has 1 aliphatic heterocycles. The van der Waals surface area contributed by atoms with Gasteiger partial charge in [0.1, 0.15) is 0 Å². The van der Waals surface area contributed by atoms with Gasteiger partial charge >= 0.3 is 12.0 Å². The van der Waals surface area contributed by atoms with Crippen LogP contribution in [0.1, 0.15) is 19.3 Å². The third-order valence-electron chi connectivity index (χ3n) is 4.39. The third kappa shape index (κ3) is 3.24. The van der Waals surface area contributed by atoms with E-state index in [9.17, 15) is 19.5 Å². The summed E-state index contributed by atoms with van der Waals surface area (Å²) in [5.74, 6) is -1.08. The van der Waals surface area contributed by atoms with Crippen LogP contribution in [0.4, 0.5) is 4.79 Å². The highest BCUT2D eigenvalue weighted by atomic mass is 16.4. The van der Waals surface area contributed by atoms with Crippen LogP contribution in [0.25, 0.3) is 0 Å². The Bertz CT molecular complexity index is 465. The van der Waals surface area contributed by atoms with Gasteiger partial charge in [0.25, 0.3) is 0 Å². The number of carboxylic acid groups (broad SMARTS) is 1. The highest BCUT2D eigenvalue weighted by Gasteiger charge is 2.54. The Kier molecular flexibility index (Phi) is 4.62. The second-order valence-electron chi connectivity index (χ2n) is 5.77. The van der Waals surface area contributed by atoms with Crippen molar-refractivity contribution in [3.05, 3.63) is 12.7 Å². The molecule has 3 amide bonds. The van der Waals surface area contributed by atoms with Crippen molar-refractivity contribution in [2.75, 3.05) is 26.2 Å². The first-order valence-electron chi connectivity index (χ1n) is 7.12. The van der Waals surface area contributed by atoms with Gasteiger partial charge in [-0.2, -0.15) is 0 Å². The summed E-state index contributed by atoms with van der Waals surface area (Å²) in [6.07, 6.45) is 4.01. The van der Waals surface area contributed by atoms with Gasteiger partial charge in [0, 0.05) is 19.6 Å². The second-order valence-corrected chi connectivity index (χ2v) is 5.77. The minimum absolute atomic E-state index is 0.0487. The van der Waals surface area contributed by atoms with E-state index in [1.54, 1.807) is 0 Å². The predicted molar refractivity (Wildman–Crippen MR) is 75.6 cm³/mol. The summed E-state index contributed by atoms with van der Waals surface area (Å²) in [5.41, 5.74) is -0.703. The van der Waals surface area contributed by atoms with Crippen molar-refractivity contribution in [3.63, 3.8) is 0 Å². The zero-order chi connectivity index (χ0) is 15.5. The summed E-state index contributed by atoms with van der Waals surface area (Å²) in [5, 5.41) is 14.1. The van der Waals surface area contributed by atoms with Crippen molar-refractivity contribution in [3.8, 4) is 0 Å². The standard InChI is InChI=1S/C14H21N3O4/c1-2-6-15-13(21)16-11(18)8-17-7-10-4-3-5-14(10,9-17)12(19)20/h2,10H,1,3-9H2,(H,19,20)(H2,15,16,18,21)/t10-,14+/m0/s1. The van der Waals surface area contributed by atoms with Gasteiger partial charge in [-0.25, -0.2) is 4.79 Å². The lowest BCUT2D eigenvalue weighted by molar-refractivity contribution is -0.149. The Morgan fingerprint density at radius 1 is 1.43 bits per heavy atom. The number of carbonyl (C=O) groups is 3. The molecule has 2 rings (SSSR count). The lowest BCUT2D eigenvalue weighted by Gasteiger charge is -2.23. The first-order chi connectivity index (χ1) is 9.98. The van der Waals surface area contributed by atoms with E-state index in [1.165, 1.54) is 6.08 Å². The molecule has 21 heavy (non-hydrogen) atoms. The van der Waals surface area contributed by atoms with Crippen LogP contribution in [-0.4, -0.2) is 54.1 Å². The molecule has 0 radical (unpaired) electrons. The number of nitrogens with zero attached hydrogens (tertiary/aromatic N) is 1. The number of carboxylic acids is 1. The van der Waals surface area contributed by atoms with Gasteiger partial charge in [-0.3, -0.25) is 19.8 Å². The first kappa shape index (κ1) is 15.5. The van der Waals surface area contributed by atoms with Crippen LogP contribution >= 0.6 is 0 Å². The molecule has 3 N–H and O–H groups in total. The fraction of sp³-hybridized carbons (Fsp3) is 0.643. The van der Waals surface area contributed by atoms with Crippen LogP contribution in [0.5, 0.6) is 0 Å². The van der Waals surface area contributed by atoms with E-state index in [-0.39, 0.29) is 19.0 Å². The number of urea groups is 1. The van der Waals surface area contributed by atoms with Gasteiger partial charge in [-0.1, -0.05) is 12.5 Å². The maximum Gasteiger partial charge on any atom is 0.321 e. The number of amides is 3. The van der Waals surface area contributed by atoms with E-state index in [0.717, 1.165) is 12.8 Å². The molecule has 2 aliphatic rings. The number of rotatable bonds is 5. The van der Waals surface area contributed by atoms with Crippen molar-refractivity contribution in [1.82, 2.24) is 15.5 Å². The molecule has 0 aromatic heterocycles. The van der Waals surface area contributed by atoms with Crippen LogP contribution in [-0.2, 0) is 9.59 Å². The predicted octanol–water partition coefficient (Wildman–Crippen LogP) is 0.185. The summed E-state index contributed by atoms with van der Waals surface area (Å²) in [6.45, 7) is 4.78. The molecule has 7 heteroatoms. The molecule has 7 nitrogen and oxygen atoms in total. The number of hydrogen-bond donors (Lipinski definition) is 3. The van der Waals surface area contributed by atoms with E-state index in [0.29, 0.717) is 19.5 Å². The number of hydrogen-bond acceptors (Lipinski definition) is 4. The molecule has 1 saturated heterocycles. The van der Waals surface area contributed by atoms with Crippen molar-refractivity contribution in [1.29, 1.82) is 0 Å². The number of fused-ring (bicyclic) bond motifs is 1. The second kappa shape index (κ2) is 6.26. The lowest BCUT2D eigenvalue weighted by atomic mass is 9.81. The summed E-state index contributed by atoms with van der Waals surface area (Å²) in [4.78, 5) is 36.5. The maximum absolute atomic E-state index is 11.8. The van der Waals surface area contributed by atoms with Gasteiger partial charge in [0.2, 0.25) is 5.91 Å². The molecule has 0 bridgehead atoms. The summed E-state index contributed by atoms with van der Waals surface area (Å²) in [7, 11) is 0. The van der Waals surface area contributed by atoms with E-state index >= 15 is 0 Å². The summed E-state index contributed by atoms with van der Waals surface area (Å²) < 4.78 is 0. The van der Waals surface area contributed by atoms with E-state index in [1.807, 2.05) is 4.90 Å². The minimum atomic E-state index is -0.767. The van der Waals surface area contributed by atoms with E-state index in [2.05, 4.69) is 17.2 Å². The zero-order valence-corrected chi connectivity index (χ0v) is 11.9. The SMILES string of the molecule is C=CCNC(=O)NC(=O)CN1C[C@@H]2CCC[C@@]2(C(=O)O)C1. The molecular formula is C14H21N3O4. The molecule has 2 fully saturated rings. The highest BCUT2D eigenvalue weighted by Crippen LogP contribution is 2.48. The number of carbonyl (C=O) groups excluding carboxylic acids is 2. The molecular weight excluding hydrogens is 274 g/mol. The topological polar surface area (TPSA) is 98.7 Å². The fourth-order valence-electron chi connectivity index (χ4n) is 3.44. The van der Waals surface area contributed by atoms with Gasteiger partial charge in [0.05, 0.1) is 12.0 Å². The van der Waals surface area contributed by atoms with Crippen LogP contribution in [0.15, 0.2) is 12.7 Å². The molecule has 0 unspecified atom stereocenters. The van der Waals surface area contributed by atoms with Crippen LogP contribution in [0.2, 0.25) is 0 Å². The Balaban J connectivity index is 1.85. The molecule has 1 aliphatic carbocycles. The lowest BCUT2D eigenvalue weighted by Crippen LogP contribution is -2.44. The molecule has 1 heterocycles. The van der Waals surface area contributed by atoms with Crippen molar-refractivity contribution in [2.45, 2.75) is 19.3 Å². The average Bonchev–Trinajstić information content (AvgIpc) is 2.93. The maximum atomic E-state index is 11.8.